The van der Waals surface area contributed by atoms with Gasteiger partial charge in [0.05, 0.1) is 17.2 Å². The molecule has 88 valence electrons. The Labute approximate surface area is 103 Å². The van der Waals surface area contributed by atoms with Gasteiger partial charge in [0.2, 0.25) is 0 Å². The molecule has 4 heteroatoms. The summed E-state index contributed by atoms with van der Waals surface area (Å²) in [7, 11) is 0. The van der Waals surface area contributed by atoms with Crippen molar-refractivity contribution < 1.29 is 13.9 Å². The van der Waals surface area contributed by atoms with E-state index < -0.39 is 11.8 Å². The summed E-state index contributed by atoms with van der Waals surface area (Å²) in [6.07, 6.45) is 0. The van der Waals surface area contributed by atoms with Crippen molar-refractivity contribution >= 4 is 5.97 Å². The van der Waals surface area contributed by atoms with Crippen LogP contribution in [-0.4, -0.2) is 5.97 Å². The van der Waals surface area contributed by atoms with Crippen molar-refractivity contribution in [1.82, 2.24) is 0 Å². The number of nitrogens with zero attached hydrogens (tertiary/aromatic N) is 1. The minimum atomic E-state index is -0.697. The van der Waals surface area contributed by atoms with Gasteiger partial charge in [0, 0.05) is 0 Å². The first-order valence-corrected chi connectivity index (χ1v) is 5.17. The number of rotatable bonds is 2. The largest absolute Gasteiger partial charge is 0.420 e. The zero-order chi connectivity index (χ0) is 13.0. The summed E-state index contributed by atoms with van der Waals surface area (Å²) in [6.45, 7) is 0. The second-order valence-electron chi connectivity index (χ2n) is 3.51. The Kier molecular flexibility index (Phi) is 3.35. The Morgan fingerprint density at radius 1 is 1.17 bits per heavy atom. The van der Waals surface area contributed by atoms with Gasteiger partial charge in [-0.15, -0.1) is 0 Å². The molecule has 0 bridgehead atoms. The predicted molar refractivity (Wildman–Crippen MR) is 62.5 cm³/mol. The molecule has 0 unspecified atom stereocenters. The lowest BCUT2D eigenvalue weighted by Gasteiger charge is -2.05. The molecule has 0 aliphatic carbocycles. The molecule has 0 atom stereocenters. The van der Waals surface area contributed by atoms with Crippen molar-refractivity contribution in [2.45, 2.75) is 0 Å². The molecule has 0 saturated carbocycles. The van der Waals surface area contributed by atoms with Crippen LogP contribution in [0.4, 0.5) is 4.39 Å². The molecule has 0 saturated heterocycles. The van der Waals surface area contributed by atoms with E-state index in [4.69, 9.17) is 10.00 Å². The highest BCUT2D eigenvalue weighted by Gasteiger charge is 2.11. The Balaban J connectivity index is 2.23. The van der Waals surface area contributed by atoms with Crippen molar-refractivity contribution in [1.29, 1.82) is 5.26 Å². The number of halogens is 1. The van der Waals surface area contributed by atoms with E-state index in [1.54, 1.807) is 18.2 Å². The number of hydrogen-bond acceptors (Lipinski definition) is 3. The van der Waals surface area contributed by atoms with Crippen molar-refractivity contribution in [2.75, 3.05) is 0 Å². The quantitative estimate of drug-likeness (QED) is 0.600. The molecule has 18 heavy (non-hydrogen) atoms. The summed E-state index contributed by atoms with van der Waals surface area (Å²) >= 11 is 0. The SMILES string of the molecule is N#Cc1cccc(C(=O)Oc2ccccc2F)c1. The molecule has 0 aromatic heterocycles. The van der Waals surface area contributed by atoms with E-state index in [1.807, 2.05) is 6.07 Å². The van der Waals surface area contributed by atoms with Crippen LogP contribution in [0.2, 0.25) is 0 Å². The Morgan fingerprint density at radius 2 is 1.94 bits per heavy atom. The van der Waals surface area contributed by atoms with Crippen molar-refractivity contribution in [3.8, 4) is 11.8 Å². The molecule has 0 aliphatic heterocycles. The number of hydrogen-bond donors (Lipinski definition) is 0. The van der Waals surface area contributed by atoms with E-state index in [0.717, 1.165) is 0 Å². The first kappa shape index (κ1) is 11.8. The minimum absolute atomic E-state index is 0.134. The highest BCUT2D eigenvalue weighted by atomic mass is 19.1. The standard InChI is InChI=1S/C14H8FNO2/c15-12-6-1-2-7-13(12)18-14(17)11-5-3-4-10(8-11)9-16/h1-8H. The van der Waals surface area contributed by atoms with E-state index in [0.29, 0.717) is 5.56 Å². The fraction of sp³-hybridized carbons (Fsp3) is 0. The third-order valence-corrected chi connectivity index (χ3v) is 2.27. The zero-order valence-corrected chi connectivity index (χ0v) is 9.26. The highest BCUT2D eigenvalue weighted by Crippen LogP contribution is 2.17. The Hall–Kier alpha value is -2.67. The number of esters is 1. The van der Waals surface area contributed by atoms with Gasteiger partial charge in [0.15, 0.2) is 11.6 Å². The number of benzene rings is 2. The first-order chi connectivity index (χ1) is 8.70. The second-order valence-corrected chi connectivity index (χ2v) is 3.51. The summed E-state index contributed by atoms with van der Waals surface area (Å²) < 4.78 is 18.2. The molecule has 2 rings (SSSR count). The van der Waals surface area contributed by atoms with Crippen molar-refractivity contribution in [3.05, 3.63) is 65.5 Å². The molecule has 0 heterocycles. The summed E-state index contributed by atoms with van der Waals surface area (Å²) in [4.78, 5) is 11.7. The van der Waals surface area contributed by atoms with Crippen LogP contribution in [0.1, 0.15) is 15.9 Å². The second kappa shape index (κ2) is 5.11. The van der Waals surface area contributed by atoms with Gasteiger partial charge in [-0.1, -0.05) is 18.2 Å². The number of ether oxygens (including phenoxy) is 1. The zero-order valence-electron chi connectivity index (χ0n) is 9.26. The van der Waals surface area contributed by atoms with Gasteiger partial charge in [-0.05, 0) is 30.3 Å². The number of nitriles is 1. The van der Waals surface area contributed by atoms with E-state index in [2.05, 4.69) is 0 Å². The van der Waals surface area contributed by atoms with E-state index in [1.165, 1.54) is 30.3 Å². The van der Waals surface area contributed by atoms with E-state index in [9.17, 15) is 9.18 Å². The van der Waals surface area contributed by atoms with Crippen LogP contribution >= 0.6 is 0 Å². The van der Waals surface area contributed by atoms with Crippen LogP contribution in [0.5, 0.6) is 5.75 Å². The maximum absolute atomic E-state index is 13.3. The fourth-order valence-electron chi connectivity index (χ4n) is 1.40. The Bertz CT molecular complexity index is 632. The molecule has 0 radical (unpaired) electrons. The number of carbonyl (C=O) groups is 1. The first-order valence-electron chi connectivity index (χ1n) is 5.17. The van der Waals surface area contributed by atoms with Gasteiger partial charge in [-0.3, -0.25) is 0 Å². The maximum atomic E-state index is 13.3. The smallest absolute Gasteiger partial charge is 0.343 e. The molecule has 0 aliphatic rings. The fourth-order valence-corrected chi connectivity index (χ4v) is 1.40. The summed E-state index contributed by atoms with van der Waals surface area (Å²) in [5.41, 5.74) is 0.551. The highest BCUT2D eigenvalue weighted by molar-refractivity contribution is 5.91. The molecule has 0 fully saturated rings. The van der Waals surface area contributed by atoms with E-state index >= 15 is 0 Å². The van der Waals surface area contributed by atoms with Gasteiger partial charge in [-0.25, -0.2) is 9.18 Å². The molecular formula is C14H8FNO2. The van der Waals surface area contributed by atoms with Gasteiger partial charge in [0.1, 0.15) is 0 Å². The Morgan fingerprint density at radius 3 is 2.67 bits per heavy atom. The lowest BCUT2D eigenvalue weighted by atomic mass is 10.1. The summed E-state index contributed by atoms with van der Waals surface area (Å²) in [6, 6.07) is 13.6. The molecule has 0 amide bonds. The van der Waals surface area contributed by atoms with Gasteiger partial charge in [-0.2, -0.15) is 5.26 Å². The normalized spacial score (nSPS) is 9.56. The van der Waals surface area contributed by atoms with Crippen molar-refractivity contribution in [2.24, 2.45) is 0 Å². The average Bonchev–Trinajstić information content (AvgIpc) is 2.41. The van der Waals surface area contributed by atoms with Gasteiger partial charge >= 0.3 is 5.97 Å². The molecule has 0 N–H and O–H groups in total. The van der Waals surface area contributed by atoms with Crippen LogP contribution in [0.3, 0.4) is 0 Å². The van der Waals surface area contributed by atoms with Crippen LogP contribution in [0, 0.1) is 17.1 Å². The average molecular weight is 241 g/mol. The third kappa shape index (κ3) is 2.53. The predicted octanol–water partition coefficient (Wildman–Crippen LogP) is 2.92. The van der Waals surface area contributed by atoms with Crippen LogP contribution < -0.4 is 4.74 Å². The monoisotopic (exact) mass is 241 g/mol. The topological polar surface area (TPSA) is 50.1 Å². The van der Waals surface area contributed by atoms with Crippen LogP contribution in [-0.2, 0) is 0 Å². The third-order valence-electron chi connectivity index (χ3n) is 2.27. The minimum Gasteiger partial charge on any atom is -0.420 e. The molecule has 2 aromatic carbocycles. The van der Waals surface area contributed by atoms with Crippen LogP contribution in [0.25, 0.3) is 0 Å². The number of carbonyl (C=O) groups excluding carboxylic acids is 1. The van der Waals surface area contributed by atoms with Gasteiger partial charge in [0.25, 0.3) is 0 Å². The van der Waals surface area contributed by atoms with Crippen molar-refractivity contribution in [3.63, 3.8) is 0 Å². The number of para-hydroxylation sites is 1. The lowest BCUT2D eigenvalue weighted by molar-refractivity contribution is 0.0728. The molecule has 3 nitrogen and oxygen atoms in total. The maximum Gasteiger partial charge on any atom is 0.343 e. The molecule has 2 aromatic rings. The summed E-state index contributed by atoms with van der Waals surface area (Å²) in [5, 5.41) is 8.72. The molecular weight excluding hydrogens is 233 g/mol. The lowest BCUT2D eigenvalue weighted by Crippen LogP contribution is -2.09. The van der Waals surface area contributed by atoms with E-state index in [-0.39, 0.29) is 11.3 Å². The van der Waals surface area contributed by atoms with Gasteiger partial charge < -0.3 is 4.74 Å². The van der Waals surface area contributed by atoms with Crippen LogP contribution in [0.15, 0.2) is 48.5 Å². The molecule has 0 spiro atoms. The summed E-state index contributed by atoms with van der Waals surface area (Å²) in [5.74, 6) is -1.44.